The Morgan fingerprint density at radius 3 is 2.53 bits per heavy atom. The lowest BCUT2D eigenvalue weighted by molar-refractivity contribution is -0.383. The van der Waals surface area contributed by atoms with Crippen LogP contribution in [0.25, 0.3) is 0 Å². The molecule has 0 saturated carbocycles. The molecule has 3 N–H and O–H groups in total. The zero-order valence-corrected chi connectivity index (χ0v) is 9.18. The second-order valence-corrected chi connectivity index (χ2v) is 3.57. The number of nitrogens with zero attached hydrogens (tertiary/aromatic N) is 1. The Morgan fingerprint density at radius 1 is 1.40 bits per heavy atom. The number of hydrogen-bond acceptors (Lipinski definition) is 4. The third-order valence-electron chi connectivity index (χ3n) is 1.70. The Labute approximate surface area is 96.3 Å². The van der Waals surface area contributed by atoms with Crippen LogP contribution >= 0.6 is 23.2 Å². The van der Waals surface area contributed by atoms with Crippen LogP contribution in [-0.2, 0) is 0 Å². The van der Waals surface area contributed by atoms with E-state index in [2.05, 4.69) is 5.32 Å². The van der Waals surface area contributed by atoms with Gasteiger partial charge in [-0.2, -0.15) is 0 Å². The fourth-order valence-corrected chi connectivity index (χ4v) is 1.36. The molecule has 0 fully saturated rings. The van der Waals surface area contributed by atoms with Crippen LogP contribution in [0, 0.1) is 10.1 Å². The van der Waals surface area contributed by atoms with Crippen LogP contribution < -0.4 is 11.1 Å². The van der Waals surface area contributed by atoms with E-state index in [0.29, 0.717) is 18.8 Å². The van der Waals surface area contributed by atoms with Crippen molar-refractivity contribution in [1.29, 1.82) is 0 Å². The Morgan fingerprint density at radius 2 is 2.00 bits per heavy atom. The highest BCUT2D eigenvalue weighted by molar-refractivity contribution is 6.42. The van der Waals surface area contributed by atoms with E-state index in [1.807, 2.05) is 0 Å². The molecule has 0 spiro atoms. The monoisotopic (exact) mass is 249 g/mol. The van der Waals surface area contributed by atoms with Gasteiger partial charge >= 0.3 is 0 Å². The number of nitrogens with two attached hydrogens (primary N) is 1. The molecule has 0 aliphatic heterocycles. The van der Waals surface area contributed by atoms with Crippen molar-refractivity contribution in [3.63, 3.8) is 0 Å². The molecule has 0 amide bonds. The third kappa shape index (κ3) is 2.95. The molecule has 15 heavy (non-hydrogen) atoms. The molecule has 5 nitrogen and oxygen atoms in total. The van der Waals surface area contributed by atoms with Crippen molar-refractivity contribution < 1.29 is 4.92 Å². The first-order valence-electron chi connectivity index (χ1n) is 4.13. The predicted molar refractivity (Wildman–Crippen MR) is 60.7 cm³/mol. The quantitative estimate of drug-likeness (QED) is 0.634. The topological polar surface area (TPSA) is 81.2 Å². The van der Waals surface area contributed by atoms with Gasteiger partial charge in [0.1, 0.15) is 5.69 Å². The SMILES string of the molecule is NCCNc1cc(Cl)c(Cl)cc1[N+](=O)[O-]. The standard InChI is InChI=1S/C8H9Cl2N3O2/c9-5-3-7(12-2-1-11)8(13(14)15)4-6(5)10/h3-4,12H,1-2,11H2. The average Bonchev–Trinajstić information content (AvgIpc) is 2.19. The van der Waals surface area contributed by atoms with Crippen LogP contribution in [0.5, 0.6) is 0 Å². The fourth-order valence-electron chi connectivity index (χ4n) is 1.04. The van der Waals surface area contributed by atoms with Crippen LogP contribution in [0.2, 0.25) is 10.0 Å². The fraction of sp³-hybridized carbons (Fsp3) is 0.250. The second-order valence-electron chi connectivity index (χ2n) is 2.76. The number of benzene rings is 1. The summed E-state index contributed by atoms with van der Waals surface area (Å²) in [5, 5.41) is 13.9. The van der Waals surface area contributed by atoms with Crippen LogP contribution in [0.15, 0.2) is 12.1 Å². The van der Waals surface area contributed by atoms with E-state index in [0.717, 1.165) is 0 Å². The molecule has 1 aromatic rings. The molecule has 0 bridgehead atoms. The van der Waals surface area contributed by atoms with Crippen LogP contribution in [0.4, 0.5) is 11.4 Å². The van der Waals surface area contributed by atoms with Gasteiger partial charge in [-0.25, -0.2) is 0 Å². The third-order valence-corrected chi connectivity index (χ3v) is 2.42. The number of hydrogen-bond donors (Lipinski definition) is 2. The number of nitrogens with one attached hydrogen (secondary N) is 1. The Bertz CT molecular complexity index is 384. The summed E-state index contributed by atoms with van der Waals surface area (Å²) in [7, 11) is 0. The highest BCUT2D eigenvalue weighted by Gasteiger charge is 2.16. The molecule has 82 valence electrons. The lowest BCUT2D eigenvalue weighted by Gasteiger charge is -2.06. The lowest BCUT2D eigenvalue weighted by Crippen LogP contribution is -2.14. The van der Waals surface area contributed by atoms with Gasteiger partial charge in [-0.1, -0.05) is 23.2 Å². The minimum absolute atomic E-state index is 0.113. The summed E-state index contributed by atoms with van der Waals surface area (Å²) in [4.78, 5) is 10.2. The molecule has 0 aliphatic carbocycles. The summed E-state index contributed by atoms with van der Waals surface area (Å²) in [5.74, 6) is 0. The van der Waals surface area contributed by atoms with Gasteiger partial charge in [-0.05, 0) is 6.07 Å². The van der Waals surface area contributed by atoms with Gasteiger partial charge in [0.2, 0.25) is 0 Å². The van der Waals surface area contributed by atoms with Crippen molar-refractivity contribution >= 4 is 34.6 Å². The minimum atomic E-state index is -0.527. The van der Waals surface area contributed by atoms with Crippen molar-refractivity contribution in [1.82, 2.24) is 0 Å². The number of halogens is 2. The summed E-state index contributed by atoms with van der Waals surface area (Å²) in [6.07, 6.45) is 0. The van der Waals surface area contributed by atoms with Crippen molar-refractivity contribution in [2.24, 2.45) is 5.73 Å². The molecule has 0 aliphatic rings. The Kier molecular flexibility index (Phi) is 4.14. The number of rotatable bonds is 4. The summed E-state index contributed by atoms with van der Waals surface area (Å²) >= 11 is 11.4. The Hall–Kier alpha value is -1.04. The van der Waals surface area contributed by atoms with E-state index in [1.165, 1.54) is 12.1 Å². The lowest BCUT2D eigenvalue weighted by atomic mass is 10.2. The largest absolute Gasteiger partial charge is 0.378 e. The first-order chi connectivity index (χ1) is 7.06. The molecule has 0 radical (unpaired) electrons. The minimum Gasteiger partial charge on any atom is -0.378 e. The van der Waals surface area contributed by atoms with E-state index in [-0.39, 0.29) is 15.7 Å². The van der Waals surface area contributed by atoms with Gasteiger partial charge in [0.05, 0.1) is 15.0 Å². The van der Waals surface area contributed by atoms with E-state index < -0.39 is 4.92 Å². The van der Waals surface area contributed by atoms with Gasteiger partial charge in [-0.3, -0.25) is 10.1 Å². The molecule has 0 atom stereocenters. The summed E-state index contributed by atoms with van der Waals surface area (Å²) < 4.78 is 0. The maximum absolute atomic E-state index is 10.7. The first-order valence-corrected chi connectivity index (χ1v) is 4.89. The number of nitro groups is 1. The summed E-state index contributed by atoms with van der Waals surface area (Å²) in [5.41, 5.74) is 5.49. The first kappa shape index (κ1) is 12.0. The van der Waals surface area contributed by atoms with E-state index >= 15 is 0 Å². The van der Waals surface area contributed by atoms with Crippen LogP contribution in [0.3, 0.4) is 0 Å². The Balaban J connectivity index is 3.10. The molecule has 7 heteroatoms. The van der Waals surface area contributed by atoms with Crippen LogP contribution in [-0.4, -0.2) is 18.0 Å². The highest BCUT2D eigenvalue weighted by atomic mass is 35.5. The van der Waals surface area contributed by atoms with Gasteiger partial charge in [-0.15, -0.1) is 0 Å². The number of anilines is 1. The van der Waals surface area contributed by atoms with Crippen molar-refractivity contribution in [2.45, 2.75) is 0 Å². The predicted octanol–water partition coefficient (Wildman–Crippen LogP) is 2.27. The second kappa shape index (κ2) is 5.16. The summed E-state index contributed by atoms with van der Waals surface area (Å²) in [6, 6.07) is 2.63. The molecule has 0 heterocycles. The average molecular weight is 250 g/mol. The van der Waals surface area contributed by atoms with Crippen molar-refractivity contribution in [3.8, 4) is 0 Å². The number of nitro benzene ring substituents is 1. The zero-order chi connectivity index (χ0) is 11.4. The van der Waals surface area contributed by atoms with E-state index in [1.54, 1.807) is 0 Å². The molecular formula is C8H9Cl2N3O2. The molecule has 1 rings (SSSR count). The molecule has 1 aromatic carbocycles. The molecule has 0 aromatic heterocycles. The van der Waals surface area contributed by atoms with Crippen LogP contribution in [0.1, 0.15) is 0 Å². The maximum Gasteiger partial charge on any atom is 0.293 e. The highest BCUT2D eigenvalue weighted by Crippen LogP contribution is 2.33. The van der Waals surface area contributed by atoms with E-state index in [9.17, 15) is 10.1 Å². The van der Waals surface area contributed by atoms with Gasteiger partial charge in [0.25, 0.3) is 5.69 Å². The zero-order valence-electron chi connectivity index (χ0n) is 7.67. The summed E-state index contributed by atoms with van der Waals surface area (Å²) in [6.45, 7) is 0.802. The normalized spacial score (nSPS) is 10.1. The smallest absolute Gasteiger partial charge is 0.293 e. The van der Waals surface area contributed by atoms with E-state index in [4.69, 9.17) is 28.9 Å². The van der Waals surface area contributed by atoms with Gasteiger partial charge < -0.3 is 11.1 Å². The van der Waals surface area contributed by atoms with Crippen molar-refractivity contribution in [3.05, 3.63) is 32.3 Å². The molecule has 0 saturated heterocycles. The molecule has 0 unspecified atom stereocenters. The van der Waals surface area contributed by atoms with Gasteiger partial charge in [0.15, 0.2) is 0 Å². The molecular weight excluding hydrogens is 241 g/mol. The maximum atomic E-state index is 10.7. The van der Waals surface area contributed by atoms with Gasteiger partial charge in [0, 0.05) is 19.2 Å². The van der Waals surface area contributed by atoms with Crippen molar-refractivity contribution in [2.75, 3.05) is 18.4 Å².